The fourth-order valence-electron chi connectivity index (χ4n) is 4.73. The summed E-state index contributed by atoms with van der Waals surface area (Å²) in [5.41, 5.74) is 11.5. The zero-order chi connectivity index (χ0) is 23.4. The molecule has 0 unspecified atom stereocenters. The van der Waals surface area contributed by atoms with Crippen LogP contribution in [0, 0.1) is 6.92 Å². The van der Waals surface area contributed by atoms with Gasteiger partial charge < -0.3 is 15.7 Å². The number of aromatic amines is 2. The van der Waals surface area contributed by atoms with Crippen LogP contribution in [0.15, 0.2) is 48.7 Å². The van der Waals surface area contributed by atoms with Gasteiger partial charge in [-0.3, -0.25) is 9.69 Å². The number of anilines is 1. The Morgan fingerprint density at radius 2 is 2.03 bits per heavy atom. The molecule has 1 saturated heterocycles. The molecule has 1 atom stereocenters. The van der Waals surface area contributed by atoms with Gasteiger partial charge in [0.25, 0.3) is 0 Å². The number of nitrogens with two attached hydrogens (primary N) is 1. The summed E-state index contributed by atoms with van der Waals surface area (Å²) in [4.78, 5) is 26.2. The maximum Gasteiger partial charge on any atom is 0.214 e. The number of likely N-dealkylation sites (tertiary alicyclic amines) is 1. The molecular formula is C25H24FN7O. The van der Waals surface area contributed by atoms with E-state index in [4.69, 9.17) is 5.73 Å². The summed E-state index contributed by atoms with van der Waals surface area (Å²) in [5.74, 6) is 0.870. The molecule has 9 heteroatoms. The van der Waals surface area contributed by atoms with E-state index in [0.717, 1.165) is 45.6 Å². The van der Waals surface area contributed by atoms with Gasteiger partial charge >= 0.3 is 0 Å². The number of benzene rings is 2. The SMILES string of the molecule is Cc1nc2cc(-n3ncc(C(=O)c4cc5cc(CN6CC[C@@H](F)C6)ccc5[nH]4)c3N)ccc2[nH]1. The Morgan fingerprint density at radius 3 is 2.85 bits per heavy atom. The van der Waals surface area contributed by atoms with Crippen LogP contribution in [0.1, 0.15) is 33.9 Å². The average molecular weight is 458 g/mol. The molecule has 1 aliphatic heterocycles. The number of ketones is 1. The maximum absolute atomic E-state index is 13.5. The number of imidazole rings is 1. The standard InChI is InChI=1S/C25H24FN7O/c1-14-29-21-5-3-18(10-22(21)30-14)33-25(27)19(11-28-33)24(34)23-9-16-8-15(2-4-20(16)31-23)12-32-7-6-17(26)13-32/h2-5,8-11,17,31H,6-7,12-13,27H2,1H3,(H,29,30)/t17-/m1/s1. The molecule has 6 rings (SSSR count). The van der Waals surface area contributed by atoms with Crippen molar-refractivity contribution in [2.24, 2.45) is 0 Å². The summed E-state index contributed by atoms with van der Waals surface area (Å²) in [6.45, 7) is 3.84. The predicted octanol–water partition coefficient (Wildman–Crippen LogP) is 3.90. The molecule has 0 bridgehead atoms. The van der Waals surface area contributed by atoms with Crippen molar-refractivity contribution in [3.8, 4) is 5.69 Å². The van der Waals surface area contributed by atoms with Crippen LogP contribution in [-0.4, -0.2) is 54.7 Å². The van der Waals surface area contributed by atoms with Crippen molar-refractivity contribution in [3.63, 3.8) is 0 Å². The molecule has 1 aliphatic rings. The lowest BCUT2D eigenvalue weighted by atomic mass is 10.1. The van der Waals surface area contributed by atoms with Crippen molar-refractivity contribution in [3.05, 3.63) is 71.3 Å². The number of nitrogen functional groups attached to an aromatic ring is 1. The molecule has 0 radical (unpaired) electrons. The van der Waals surface area contributed by atoms with E-state index < -0.39 is 6.17 Å². The fourth-order valence-corrected chi connectivity index (χ4v) is 4.73. The van der Waals surface area contributed by atoms with Gasteiger partial charge in [-0.2, -0.15) is 5.10 Å². The van der Waals surface area contributed by atoms with E-state index in [1.54, 1.807) is 4.68 Å². The molecule has 4 N–H and O–H groups in total. The quantitative estimate of drug-likeness (QED) is 0.347. The van der Waals surface area contributed by atoms with Gasteiger partial charge in [0.1, 0.15) is 17.8 Å². The monoisotopic (exact) mass is 457 g/mol. The third-order valence-electron chi connectivity index (χ3n) is 6.43. The van der Waals surface area contributed by atoms with Gasteiger partial charge in [-0.25, -0.2) is 14.1 Å². The number of aryl methyl sites for hydroxylation is 1. The van der Waals surface area contributed by atoms with Crippen LogP contribution < -0.4 is 5.73 Å². The Balaban J connectivity index is 1.28. The highest BCUT2D eigenvalue weighted by atomic mass is 19.1. The van der Waals surface area contributed by atoms with Gasteiger partial charge in [0.2, 0.25) is 5.78 Å². The number of carbonyl (C=O) groups excluding carboxylic acids is 1. The van der Waals surface area contributed by atoms with E-state index in [1.165, 1.54) is 6.20 Å². The molecule has 0 spiro atoms. The fraction of sp³-hybridized carbons (Fsp3) is 0.240. The van der Waals surface area contributed by atoms with Gasteiger partial charge in [0.15, 0.2) is 0 Å². The van der Waals surface area contributed by atoms with E-state index >= 15 is 0 Å². The predicted molar refractivity (Wildman–Crippen MR) is 129 cm³/mol. The molecule has 4 heterocycles. The molecule has 1 fully saturated rings. The number of hydrogen-bond donors (Lipinski definition) is 3. The highest BCUT2D eigenvalue weighted by Crippen LogP contribution is 2.25. The van der Waals surface area contributed by atoms with Gasteiger partial charge in [-0.15, -0.1) is 0 Å². The van der Waals surface area contributed by atoms with Crippen molar-refractivity contribution >= 4 is 33.5 Å². The zero-order valence-corrected chi connectivity index (χ0v) is 18.7. The lowest BCUT2D eigenvalue weighted by molar-refractivity contribution is 0.103. The number of fused-ring (bicyclic) bond motifs is 2. The molecule has 0 amide bonds. The number of alkyl halides is 1. The first kappa shape index (κ1) is 20.6. The number of aromatic nitrogens is 5. The summed E-state index contributed by atoms with van der Waals surface area (Å²) in [6, 6.07) is 13.5. The molecule has 8 nitrogen and oxygen atoms in total. The Hall–Kier alpha value is -3.98. The second-order valence-corrected chi connectivity index (χ2v) is 8.93. The Labute approximate surface area is 194 Å². The molecule has 0 aliphatic carbocycles. The van der Waals surface area contributed by atoms with E-state index in [9.17, 15) is 9.18 Å². The van der Waals surface area contributed by atoms with Crippen molar-refractivity contribution in [2.75, 3.05) is 18.8 Å². The third-order valence-corrected chi connectivity index (χ3v) is 6.43. The number of H-pyrrole nitrogens is 2. The zero-order valence-electron chi connectivity index (χ0n) is 18.7. The highest BCUT2D eigenvalue weighted by Gasteiger charge is 2.22. The second-order valence-electron chi connectivity index (χ2n) is 8.93. The lowest BCUT2D eigenvalue weighted by Crippen LogP contribution is -2.20. The van der Waals surface area contributed by atoms with Crippen LogP contribution in [0.5, 0.6) is 0 Å². The first-order valence-electron chi connectivity index (χ1n) is 11.3. The van der Waals surface area contributed by atoms with Gasteiger partial charge in [0.05, 0.1) is 34.2 Å². The number of halogens is 1. The Kier molecular flexibility index (Phi) is 4.73. The molecule has 5 aromatic rings. The van der Waals surface area contributed by atoms with Crippen LogP contribution in [0.3, 0.4) is 0 Å². The van der Waals surface area contributed by atoms with E-state index in [2.05, 4.69) is 25.0 Å². The summed E-state index contributed by atoms with van der Waals surface area (Å²) in [5, 5.41) is 5.29. The second kappa shape index (κ2) is 7.81. The van der Waals surface area contributed by atoms with Crippen molar-refractivity contribution < 1.29 is 9.18 Å². The average Bonchev–Trinajstić information content (AvgIpc) is 3.58. The van der Waals surface area contributed by atoms with E-state index in [1.807, 2.05) is 49.4 Å². The summed E-state index contributed by atoms with van der Waals surface area (Å²) < 4.78 is 15.0. The van der Waals surface area contributed by atoms with Crippen molar-refractivity contribution in [1.82, 2.24) is 29.6 Å². The minimum absolute atomic E-state index is 0.224. The molecular weight excluding hydrogens is 433 g/mol. The highest BCUT2D eigenvalue weighted by molar-refractivity contribution is 6.12. The van der Waals surface area contributed by atoms with Gasteiger partial charge in [-0.1, -0.05) is 6.07 Å². The summed E-state index contributed by atoms with van der Waals surface area (Å²) >= 11 is 0. The van der Waals surface area contributed by atoms with Crippen LogP contribution in [-0.2, 0) is 6.54 Å². The molecule has 2 aromatic carbocycles. The topological polar surface area (TPSA) is 109 Å². The number of rotatable bonds is 5. The molecule has 3 aromatic heterocycles. The normalized spacial score (nSPS) is 16.7. The minimum atomic E-state index is -0.739. The summed E-state index contributed by atoms with van der Waals surface area (Å²) in [6.07, 6.45) is 1.35. The van der Waals surface area contributed by atoms with Gasteiger partial charge in [-0.05, 0) is 55.3 Å². The smallest absolute Gasteiger partial charge is 0.214 e. The van der Waals surface area contributed by atoms with Crippen molar-refractivity contribution in [1.29, 1.82) is 0 Å². The number of hydrogen-bond acceptors (Lipinski definition) is 5. The molecule has 0 saturated carbocycles. The van der Waals surface area contributed by atoms with Crippen LogP contribution in [0.4, 0.5) is 10.2 Å². The lowest BCUT2D eigenvalue weighted by Gasteiger charge is -2.14. The third kappa shape index (κ3) is 3.54. The van der Waals surface area contributed by atoms with Crippen LogP contribution >= 0.6 is 0 Å². The van der Waals surface area contributed by atoms with Crippen LogP contribution in [0.25, 0.3) is 27.6 Å². The largest absolute Gasteiger partial charge is 0.383 e. The van der Waals surface area contributed by atoms with E-state index in [0.29, 0.717) is 30.8 Å². The first-order chi connectivity index (χ1) is 16.4. The van der Waals surface area contributed by atoms with Crippen LogP contribution in [0.2, 0.25) is 0 Å². The van der Waals surface area contributed by atoms with E-state index in [-0.39, 0.29) is 11.6 Å². The maximum atomic E-state index is 13.5. The first-order valence-corrected chi connectivity index (χ1v) is 11.3. The number of nitrogens with one attached hydrogen (secondary N) is 2. The minimum Gasteiger partial charge on any atom is -0.383 e. The number of nitrogens with zero attached hydrogens (tertiary/aromatic N) is 4. The molecule has 34 heavy (non-hydrogen) atoms. The number of carbonyl (C=O) groups is 1. The summed E-state index contributed by atoms with van der Waals surface area (Å²) in [7, 11) is 0. The van der Waals surface area contributed by atoms with Crippen molar-refractivity contribution in [2.45, 2.75) is 26.1 Å². The Bertz CT molecular complexity index is 1550. The Morgan fingerprint density at radius 1 is 1.18 bits per heavy atom. The molecule has 172 valence electrons. The van der Waals surface area contributed by atoms with Gasteiger partial charge in [0, 0.05) is 30.5 Å².